The third-order valence-electron chi connectivity index (χ3n) is 4.97. The van der Waals surface area contributed by atoms with Crippen LogP contribution < -0.4 is 5.73 Å². The maximum absolute atomic E-state index is 6.13. The van der Waals surface area contributed by atoms with Crippen molar-refractivity contribution in [3.8, 4) is 0 Å². The monoisotopic (exact) mass is 274 g/mol. The molecule has 0 saturated heterocycles. The van der Waals surface area contributed by atoms with Crippen molar-refractivity contribution in [3.63, 3.8) is 0 Å². The van der Waals surface area contributed by atoms with E-state index < -0.39 is 0 Å². The highest BCUT2D eigenvalue weighted by Gasteiger charge is 2.39. The average molecular weight is 274 g/mol. The van der Waals surface area contributed by atoms with E-state index in [4.69, 9.17) is 10.5 Å². The van der Waals surface area contributed by atoms with Crippen molar-refractivity contribution < 1.29 is 4.74 Å². The number of rotatable bonds is 7. The summed E-state index contributed by atoms with van der Waals surface area (Å²) in [6.07, 6.45) is 4.85. The minimum atomic E-state index is 0.0899. The zero-order valence-electron chi connectivity index (χ0n) is 12.5. The summed E-state index contributed by atoms with van der Waals surface area (Å²) in [5.74, 6) is 0.847. The number of benzene rings is 1. The van der Waals surface area contributed by atoms with Crippen LogP contribution >= 0.6 is 0 Å². The van der Waals surface area contributed by atoms with Crippen LogP contribution in [0.25, 0.3) is 0 Å². The Kier molecular flexibility index (Phi) is 4.11. The SMILES string of the molecule is CN(CCOCC1CC1)C1(CN)Cc2ccccc2C1. The first kappa shape index (κ1) is 14.1. The topological polar surface area (TPSA) is 38.5 Å². The molecule has 1 saturated carbocycles. The quantitative estimate of drug-likeness (QED) is 0.771. The molecule has 110 valence electrons. The molecule has 0 aliphatic heterocycles. The van der Waals surface area contributed by atoms with Gasteiger partial charge in [-0.05, 0) is 49.8 Å². The van der Waals surface area contributed by atoms with Gasteiger partial charge in [-0.2, -0.15) is 0 Å². The Bertz CT molecular complexity index is 431. The van der Waals surface area contributed by atoms with Crippen LogP contribution in [0.1, 0.15) is 24.0 Å². The third-order valence-corrected chi connectivity index (χ3v) is 4.97. The first-order chi connectivity index (χ1) is 9.73. The molecule has 0 heterocycles. The zero-order valence-corrected chi connectivity index (χ0v) is 12.5. The van der Waals surface area contributed by atoms with E-state index in [2.05, 4.69) is 36.2 Å². The summed E-state index contributed by atoms with van der Waals surface area (Å²) in [4.78, 5) is 2.42. The fraction of sp³-hybridized carbons (Fsp3) is 0.647. The van der Waals surface area contributed by atoms with E-state index in [9.17, 15) is 0 Å². The molecule has 3 rings (SSSR count). The van der Waals surface area contributed by atoms with Gasteiger partial charge >= 0.3 is 0 Å². The van der Waals surface area contributed by atoms with Crippen molar-refractivity contribution in [2.75, 3.05) is 33.4 Å². The molecule has 1 fully saturated rings. The second-order valence-electron chi connectivity index (χ2n) is 6.49. The summed E-state index contributed by atoms with van der Waals surface area (Å²) < 4.78 is 5.77. The molecular weight excluding hydrogens is 248 g/mol. The van der Waals surface area contributed by atoms with Crippen LogP contribution in [0.2, 0.25) is 0 Å². The molecule has 2 N–H and O–H groups in total. The van der Waals surface area contributed by atoms with Crippen LogP contribution in [-0.4, -0.2) is 43.8 Å². The fourth-order valence-electron chi connectivity index (χ4n) is 3.22. The lowest BCUT2D eigenvalue weighted by Gasteiger charge is -2.38. The van der Waals surface area contributed by atoms with E-state index in [0.29, 0.717) is 6.54 Å². The maximum atomic E-state index is 6.13. The number of likely N-dealkylation sites (N-methyl/N-ethyl adjacent to an activating group) is 1. The number of fused-ring (bicyclic) bond motifs is 1. The van der Waals surface area contributed by atoms with Crippen LogP contribution in [0.5, 0.6) is 0 Å². The van der Waals surface area contributed by atoms with Crippen molar-refractivity contribution >= 4 is 0 Å². The minimum Gasteiger partial charge on any atom is -0.380 e. The Hall–Kier alpha value is -0.900. The largest absolute Gasteiger partial charge is 0.380 e. The molecule has 20 heavy (non-hydrogen) atoms. The highest BCUT2D eigenvalue weighted by atomic mass is 16.5. The number of nitrogens with zero attached hydrogens (tertiary/aromatic N) is 1. The fourth-order valence-corrected chi connectivity index (χ4v) is 3.22. The zero-order chi connectivity index (χ0) is 14.0. The lowest BCUT2D eigenvalue weighted by molar-refractivity contribution is 0.0627. The van der Waals surface area contributed by atoms with Crippen molar-refractivity contribution in [2.24, 2.45) is 11.7 Å². The Morgan fingerprint density at radius 3 is 2.45 bits per heavy atom. The number of hydrogen-bond donors (Lipinski definition) is 1. The molecule has 0 spiro atoms. The van der Waals surface area contributed by atoms with Crippen LogP contribution in [-0.2, 0) is 17.6 Å². The molecule has 0 unspecified atom stereocenters. The molecule has 0 amide bonds. The van der Waals surface area contributed by atoms with Gasteiger partial charge in [0, 0.05) is 25.2 Å². The first-order valence-corrected chi connectivity index (χ1v) is 7.79. The van der Waals surface area contributed by atoms with Crippen LogP contribution in [0.4, 0.5) is 0 Å². The number of nitrogens with two attached hydrogens (primary N) is 1. The Labute approximate surface area is 122 Å². The van der Waals surface area contributed by atoms with Gasteiger partial charge in [-0.3, -0.25) is 4.90 Å². The van der Waals surface area contributed by atoms with E-state index in [1.54, 1.807) is 0 Å². The molecule has 2 aliphatic carbocycles. The third kappa shape index (κ3) is 2.90. The van der Waals surface area contributed by atoms with Gasteiger partial charge in [0.2, 0.25) is 0 Å². The summed E-state index contributed by atoms with van der Waals surface area (Å²) in [6.45, 7) is 3.45. The summed E-state index contributed by atoms with van der Waals surface area (Å²) >= 11 is 0. The standard InChI is InChI=1S/C17H26N2O/c1-19(8-9-20-12-14-6-7-14)17(13-18)10-15-4-2-3-5-16(15)11-17/h2-5,14H,6-13,18H2,1H3. The minimum absolute atomic E-state index is 0.0899. The second-order valence-corrected chi connectivity index (χ2v) is 6.49. The van der Waals surface area contributed by atoms with Gasteiger partial charge < -0.3 is 10.5 Å². The van der Waals surface area contributed by atoms with Crippen molar-refractivity contribution in [2.45, 2.75) is 31.2 Å². The van der Waals surface area contributed by atoms with Crippen LogP contribution in [0.3, 0.4) is 0 Å². The van der Waals surface area contributed by atoms with Gasteiger partial charge in [0.1, 0.15) is 0 Å². The summed E-state index contributed by atoms with van der Waals surface area (Å²) in [5.41, 5.74) is 9.14. The molecule has 0 radical (unpaired) electrons. The molecule has 2 aliphatic rings. The molecule has 1 aromatic rings. The summed E-state index contributed by atoms with van der Waals surface area (Å²) in [5, 5.41) is 0. The first-order valence-electron chi connectivity index (χ1n) is 7.79. The smallest absolute Gasteiger partial charge is 0.0593 e. The number of ether oxygens (including phenoxy) is 1. The van der Waals surface area contributed by atoms with Crippen molar-refractivity contribution in [1.29, 1.82) is 0 Å². The molecular formula is C17H26N2O. The lowest BCUT2D eigenvalue weighted by atomic mass is 9.94. The van der Waals surface area contributed by atoms with E-state index in [0.717, 1.165) is 38.5 Å². The second kappa shape index (κ2) is 5.84. The van der Waals surface area contributed by atoms with Gasteiger partial charge in [0.25, 0.3) is 0 Å². The van der Waals surface area contributed by atoms with Crippen LogP contribution in [0, 0.1) is 5.92 Å². The van der Waals surface area contributed by atoms with E-state index in [1.165, 1.54) is 24.0 Å². The molecule has 0 aromatic heterocycles. The van der Waals surface area contributed by atoms with Crippen molar-refractivity contribution in [3.05, 3.63) is 35.4 Å². The van der Waals surface area contributed by atoms with E-state index >= 15 is 0 Å². The van der Waals surface area contributed by atoms with Crippen molar-refractivity contribution in [1.82, 2.24) is 4.90 Å². The molecule has 0 bridgehead atoms. The Morgan fingerprint density at radius 1 is 1.25 bits per heavy atom. The maximum Gasteiger partial charge on any atom is 0.0593 e. The molecule has 3 heteroatoms. The Balaban J connectivity index is 1.55. The Morgan fingerprint density at radius 2 is 1.90 bits per heavy atom. The molecule has 3 nitrogen and oxygen atoms in total. The highest BCUT2D eigenvalue weighted by Crippen LogP contribution is 2.33. The molecule has 1 aromatic carbocycles. The normalized spacial score (nSPS) is 20.4. The van der Waals surface area contributed by atoms with E-state index in [-0.39, 0.29) is 5.54 Å². The predicted octanol–water partition coefficient (Wildman–Crippen LogP) is 1.84. The van der Waals surface area contributed by atoms with E-state index in [1.807, 2.05) is 0 Å². The van der Waals surface area contributed by atoms with Gasteiger partial charge in [0.05, 0.1) is 6.61 Å². The van der Waals surface area contributed by atoms with Crippen LogP contribution in [0.15, 0.2) is 24.3 Å². The van der Waals surface area contributed by atoms with Gasteiger partial charge in [-0.15, -0.1) is 0 Å². The predicted molar refractivity (Wildman–Crippen MR) is 81.8 cm³/mol. The lowest BCUT2D eigenvalue weighted by Crippen LogP contribution is -2.54. The van der Waals surface area contributed by atoms with Gasteiger partial charge in [-0.25, -0.2) is 0 Å². The van der Waals surface area contributed by atoms with Gasteiger partial charge in [-0.1, -0.05) is 24.3 Å². The summed E-state index contributed by atoms with van der Waals surface area (Å²) in [6, 6.07) is 8.74. The van der Waals surface area contributed by atoms with Gasteiger partial charge in [0.15, 0.2) is 0 Å². The highest BCUT2D eigenvalue weighted by molar-refractivity contribution is 5.36. The summed E-state index contributed by atoms with van der Waals surface area (Å²) in [7, 11) is 2.19. The number of hydrogen-bond acceptors (Lipinski definition) is 3. The average Bonchev–Trinajstić information content (AvgIpc) is 3.21. The molecule has 0 atom stereocenters.